The lowest BCUT2D eigenvalue weighted by atomic mass is 9.96. The van der Waals surface area contributed by atoms with Gasteiger partial charge < -0.3 is 9.84 Å². The van der Waals surface area contributed by atoms with Crippen LogP contribution in [0.3, 0.4) is 0 Å². The first kappa shape index (κ1) is 20.9. The molecular formula is C14H17F3N2O5S2. The van der Waals surface area contributed by atoms with Gasteiger partial charge in [0.05, 0.1) is 6.10 Å². The van der Waals surface area contributed by atoms with Gasteiger partial charge in [0.25, 0.3) is 0 Å². The number of nitrogens with zero attached hydrogens (tertiary/aromatic N) is 2. The summed E-state index contributed by atoms with van der Waals surface area (Å²) in [4.78, 5) is 13.0. The molecular weight excluding hydrogens is 397 g/mol. The van der Waals surface area contributed by atoms with Crippen molar-refractivity contribution in [3.63, 3.8) is 0 Å². The minimum Gasteiger partial charge on any atom is -0.475 e. The Bertz CT molecular complexity index is 737. The van der Waals surface area contributed by atoms with E-state index in [0.29, 0.717) is 13.1 Å². The molecule has 26 heavy (non-hydrogen) atoms. The molecule has 1 unspecified atom stereocenters. The van der Waals surface area contributed by atoms with Crippen molar-refractivity contribution >= 4 is 27.8 Å². The van der Waals surface area contributed by atoms with Gasteiger partial charge in [-0.1, -0.05) is 0 Å². The maximum Gasteiger partial charge on any atom is 0.490 e. The van der Waals surface area contributed by atoms with E-state index >= 15 is 0 Å². The Morgan fingerprint density at radius 3 is 2.50 bits per heavy atom. The lowest BCUT2D eigenvalue weighted by Crippen LogP contribution is -2.60. The fraction of sp³-hybridized carbons (Fsp3) is 0.571. The number of sulfonamides is 1. The van der Waals surface area contributed by atoms with Crippen molar-refractivity contribution in [3.05, 3.63) is 24.5 Å². The fourth-order valence-electron chi connectivity index (χ4n) is 2.59. The van der Waals surface area contributed by atoms with E-state index < -0.39 is 22.2 Å². The SMILES string of the molecule is COC1CSC2(C1)CN(S(=O)(=O)c1cccnc1)C2.O=C(O)C(F)(F)F. The van der Waals surface area contributed by atoms with Gasteiger partial charge in [-0.05, 0) is 18.6 Å². The smallest absolute Gasteiger partial charge is 0.475 e. The molecule has 0 bridgehead atoms. The van der Waals surface area contributed by atoms with E-state index in [0.717, 1.165) is 12.2 Å². The van der Waals surface area contributed by atoms with E-state index in [-0.39, 0.29) is 15.7 Å². The third kappa shape index (κ3) is 4.67. The summed E-state index contributed by atoms with van der Waals surface area (Å²) in [6.07, 6.45) is -0.909. The van der Waals surface area contributed by atoms with Crippen molar-refractivity contribution in [2.24, 2.45) is 0 Å². The summed E-state index contributed by atoms with van der Waals surface area (Å²) in [6.45, 7) is 1.16. The number of rotatable bonds is 3. The van der Waals surface area contributed by atoms with E-state index in [4.69, 9.17) is 14.6 Å². The molecule has 0 aliphatic carbocycles. The van der Waals surface area contributed by atoms with Crippen LogP contribution in [0.25, 0.3) is 0 Å². The van der Waals surface area contributed by atoms with Gasteiger partial charge in [-0.2, -0.15) is 17.5 Å². The molecule has 1 N–H and O–H groups in total. The van der Waals surface area contributed by atoms with Crippen molar-refractivity contribution in [1.82, 2.24) is 9.29 Å². The molecule has 146 valence electrons. The van der Waals surface area contributed by atoms with E-state index in [1.165, 1.54) is 10.5 Å². The quantitative estimate of drug-likeness (QED) is 0.803. The summed E-state index contributed by atoms with van der Waals surface area (Å²) in [5, 5.41) is 7.12. The highest BCUT2D eigenvalue weighted by molar-refractivity contribution is 8.01. The van der Waals surface area contributed by atoms with Gasteiger partial charge in [-0.15, -0.1) is 11.8 Å². The average molecular weight is 414 g/mol. The number of pyridine rings is 1. The summed E-state index contributed by atoms with van der Waals surface area (Å²) >= 11 is 1.83. The standard InChI is InChI=1S/C12H16N2O3S2.C2HF3O2/c1-17-10-5-12(18-7-10)8-14(9-12)19(15,16)11-3-2-4-13-6-11;3-2(4,5)1(6)7/h2-4,6,10H,5,7-9H2,1H3;(H,6,7). The molecule has 1 atom stereocenters. The Kier molecular flexibility index (Phi) is 6.20. The Balaban J connectivity index is 0.000000298. The number of carboxylic acids is 1. The first-order valence-corrected chi connectivity index (χ1v) is 9.80. The summed E-state index contributed by atoms with van der Waals surface area (Å²) in [6, 6.07) is 3.24. The molecule has 1 aromatic heterocycles. The van der Waals surface area contributed by atoms with E-state index in [1.54, 1.807) is 25.4 Å². The third-order valence-corrected chi connectivity index (χ3v) is 7.30. The van der Waals surface area contributed by atoms with E-state index in [9.17, 15) is 21.6 Å². The van der Waals surface area contributed by atoms with Gasteiger partial charge in [-0.3, -0.25) is 4.98 Å². The van der Waals surface area contributed by atoms with Crippen molar-refractivity contribution in [2.75, 3.05) is 26.0 Å². The predicted molar refractivity (Wildman–Crippen MR) is 87.3 cm³/mol. The Hall–Kier alpha value is -1.37. The van der Waals surface area contributed by atoms with Crippen LogP contribution in [0.15, 0.2) is 29.4 Å². The maximum absolute atomic E-state index is 12.4. The van der Waals surface area contributed by atoms with Crippen molar-refractivity contribution in [2.45, 2.75) is 28.3 Å². The van der Waals surface area contributed by atoms with Crippen LogP contribution < -0.4 is 0 Å². The zero-order valence-corrected chi connectivity index (χ0v) is 15.3. The Labute approximate surface area is 152 Å². The number of halogens is 3. The highest BCUT2D eigenvalue weighted by atomic mass is 32.2. The molecule has 2 aliphatic rings. The highest BCUT2D eigenvalue weighted by Crippen LogP contribution is 2.47. The number of methoxy groups -OCH3 is 1. The molecule has 2 saturated heterocycles. The van der Waals surface area contributed by atoms with E-state index in [1.807, 2.05) is 11.8 Å². The maximum atomic E-state index is 12.4. The molecule has 12 heteroatoms. The first-order valence-electron chi connectivity index (χ1n) is 7.37. The number of thioether (sulfide) groups is 1. The lowest BCUT2D eigenvalue weighted by Gasteiger charge is -2.46. The van der Waals surface area contributed by atoms with Gasteiger partial charge in [-0.25, -0.2) is 13.2 Å². The van der Waals surface area contributed by atoms with Gasteiger partial charge in [0.15, 0.2) is 0 Å². The lowest BCUT2D eigenvalue weighted by molar-refractivity contribution is -0.192. The van der Waals surface area contributed by atoms with E-state index in [2.05, 4.69) is 4.98 Å². The molecule has 7 nitrogen and oxygen atoms in total. The second-order valence-electron chi connectivity index (χ2n) is 5.82. The zero-order chi connectivity index (χ0) is 19.6. The van der Waals surface area contributed by atoms with Gasteiger partial charge >= 0.3 is 12.1 Å². The summed E-state index contributed by atoms with van der Waals surface area (Å²) in [5.41, 5.74) is 0. The molecule has 0 amide bonds. The van der Waals surface area contributed by atoms with Gasteiger partial charge in [0.2, 0.25) is 10.0 Å². The fourth-order valence-corrected chi connectivity index (χ4v) is 5.92. The number of carboxylic acid groups (broad SMARTS) is 1. The number of hydrogen-bond donors (Lipinski definition) is 1. The van der Waals surface area contributed by atoms with Gasteiger partial charge in [0.1, 0.15) is 4.90 Å². The summed E-state index contributed by atoms with van der Waals surface area (Å²) in [5.74, 6) is -1.80. The number of hydrogen-bond acceptors (Lipinski definition) is 6. The van der Waals surface area contributed by atoms with Crippen LogP contribution in [0.2, 0.25) is 0 Å². The van der Waals surface area contributed by atoms with Crippen LogP contribution in [0, 0.1) is 0 Å². The molecule has 2 fully saturated rings. The van der Waals surface area contributed by atoms with Crippen LogP contribution >= 0.6 is 11.8 Å². The van der Waals surface area contributed by atoms with Crippen molar-refractivity contribution in [1.29, 1.82) is 0 Å². The molecule has 0 saturated carbocycles. The predicted octanol–water partition coefficient (Wildman–Crippen LogP) is 1.61. The average Bonchev–Trinajstić information content (AvgIpc) is 2.99. The van der Waals surface area contributed by atoms with Crippen LogP contribution in [0.5, 0.6) is 0 Å². The second kappa shape index (κ2) is 7.71. The highest BCUT2D eigenvalue weighted by Gasteiger charge is 2.53. The molecule has 2 aliphatic heterocycles. The number of aromatic nitrogens is 1. The Morgan fingerprint density at radius 2 is 2.08 bits per heavy atom. The topological polar surface area (TPSA) is 96.8 Å². The largest absolute Gasteiger partial charge is 0.490 e. The zero-order valence-electron chi connectivity index (χ0n) is 13.6. The van der Waals surface area contributed by atoms with Crippen LogP contribution in [-0.4, -0.2) is 71.8 Å². The minimum absolute atomic E-state index is 0.0654. The van der Waals surface area contributed by atoms with Crippen LogP contribution in [-0.2, 0) is 19.6 Å². The minimum atomic E-state index is -5.08. The molecule has 0 radical (unpaired) electrons. The van der Waals surface area contributed by atoms with Crippen molar-refractivity contribution in [3.8, 4) is 0 Å². The summed E-state index contributed by atoms with van der Waals surface area (Å²) < 4.78 is 63.4. The molecule has 0 aromatic carbocycles. The number of ether oxygens (including phenoxy) is 1. The van der Waals surface area contributed by atoms with Crippen LogP contribution in [0.1, 0.15) is 6.42 Å². The third-order valence-electron chi connectivity index (χ3n) is 3.95. The molecule has 1 aromatic rings. The normalized spacial score (nSPS) is 22.4. The number of carbonyl (C=O) groups is 1. The number of aliphatic carboxylic acids is 1. The first-order chi connectivity index (χ1) is 12.0. The monoisotopic (exact) mass is 414 g/mol. The summed E-state index contributed by atoms with van der Waals surface area (Å²) in [7, 11) is -1.66. The molecule has 1 spiro atoms. The van der Waals surface area contributed by atoms with Gasteiger partial charge in [0, 0.05) is 43.1 Å². The second-order valence-corrected chi connectivity index (χ2v) is 9.25. The molecule has 3 heterocycles. The number of alkyl halides is 3. The Morgan fingerprint density at radius 1 is 1.46 bits per heavy atom. The van der Waals surface area contributed by atoms with Crippen LogP contribution in [0.4, 0.5) is 13.2 Å². The molecule has 3 rings (SSSR count). The van der Waals surface area contributed by atoms with Crippen molar-refractivity contribution < 1.29 is 36.2 Å².